The third-order valence-corrected chi connectivity index (χ3v) is 3.85. The summed E-state index contributed by atoms with van der Waals surface area (Å²) in [5.41, 5.74) is 1.000. The molecule has 1 heterocycles. The van der Waals surface area contributed by atoms with Gasteiger partial charge in [0, 0.05) is 12.6 Å². The van der Waals surface area contributed by atoms with Crippen LogP contribution in [0.25, 0.3) is 10.2 Å². The SMILES string of the molecule is O=C(NCc1ccccc1)Nc1nc2c(F)cc(F)cc2s1. The average molecular weight is 319 g/mol. The van der Waals surface area contributed by atoms with E-state index in [4.69, 9.17) is 0 Å². The summed E-state index contributed by atoms with van der Waals surface area (Å²) < 4.78 is 27.0. The van der Waals surface area contributed by atoms with Crippen LogP contribution in [-0.2, 0) is 6.54 Å². The van der Waals surface area contributed by atoms with Crippen LogP contribution in [0.3, 0.4) is 0 Å². The van der Waals surface area contributed by atoms with Gasteiger partial charge in [0.05, 0.1) is 4.70 Å². The number of halogens is 2. The van der Waals surface area contributed by atoms with Crippen LogP contribution in [0.5, 0.6) is 0 Å². The Kier molecular flexibility index (Phi) is 3.97. The smallest absolute Gasteiger partial charge is 0.321 e. The highest BCUT2D eigenvalue weighted by Crippen LogP contribution is 2.28. The summed E-state index contributed by atoms with van der Waals surface area (Å²) in [6.45, 7) is 0.362. The minimum atomic E-state index is -0.746. The summed E-state index contributed by atoms with van der Waals surface area (Å²) in [6.07, 6.45) is 0. The molecule has 1 aromatic heterocycles. The Hall–Kier alpha value is -2.54. The molecule has 0 aliphatic heterocycles. The normalized spacial score (nSPS) is 10.6. The summed E-state index contributed by atoms with van der Waals surface area (Å²) in [7, 11) is 0. The Balaban J connectivity index is 1.68. The van der Waals surface area contributed by atoms with Crippen molar-refractivity contribution in [3.63, 3.8) is 0 Å². The third kappa shape index (κ3) is 3.20. The van der Waals surface area contributed by atoms with Crippen LogP contribution in [0.1, 0.15) is 5.56 Å². The second-order valence-electron chi connectivity index (χ2n) is 4.55. The fraction of sp³-hybridized carbons (Fsp3) is 0.0667. The maximum absolute atomic E-state index is 13.5. The van der Waals surface area contributed by atoms with Gasteiger partial charge in [0.1, 0.15) is 11.3 Å². The summed E-state index contributed by atoms with van der Waals surface area (Å²) in [5.74, 6) is -1.42. The molecule has 0 aliphatic carbocycles. The first-order chi connectivity index (χ1) is 10.6. The zero-order valence-electron chi connectivity index (χ0n) is 11.3. The van der Waals surface area contributed by atoms with Gasteiger partial charge in [-0.3, -0.25) is 5.32 Å². The molecule has 0 saturated carbocycles. The molecule has 0 spiro atoms. The van der Waals surface area contributed by atoms with E-state index in [1.807, 2.05) is 30.3 Å². The lowest BCUT2D eigenvalue weighted by Gasteiger charge is -2.04. The van der Waals surface area contributed by atoms with E-state index < -0.39 is 17.7 Å². The Morgan fingerprint density at radius 1 is 1.18 bits per heavy atom. The van der Waals surface area contributed by atoms with Crippen molar-refractivity contribution in [1.29, 1.82) is 0 Å². The van der Waals surface area contributed by atoms with Gasteiger partial charge in [0.15, 0.2) is 10.9 Å². The molecule has 0 aliphatic rings. The maximum atomic E-state index is 13.5. The number of benzene rings is 2. The molecule has 2 aromatic carbocycles. The number of anilines is 1. The molecule has 0 radical (unpaired) electrons. The van der Waals surface area contributed by atoms with Crippen LogP contribution in [0.15, 0.2) is 42.5 Å². The lowest BCUT2D eigenvalue weighted by molar-refractivity contribution is 0.251. The van der Waals surface area contributed by atoms with Gasteiger partial charge in [0.2, 0.25) is 0 Å². The van der Waals surface area contributed by atoms with Gasteiger partial charge in [-0.1, -0.05) is 41.7 Å². The number of fused-ring (bicyclic) bond motifs is 1. The maximum Gasteiger partial charge on any atom is 0.321 e. The third-order valence-electron chi connectivity index (χ3n) is 2.93. The number of carbonyl (C=O) groups excluding carboxylic acids is 1. The number of nitrogens with one attached hydrogen (secondary N) is 2. The van der Waals surface area contributed by atoms with E-state index in [0.717, 1.165) is 23.0 Å². The van der Waals surface area contributed by atoms with Gasteiger partial charge in [0.25, 0.3) is 0 Å². The molecule has 0 fully saturated rings. The monoisotopic (exact) mass is 319 g/mol. The molecule has 3 aromatic rings. The summed E-state index contributed by atoms with van der Waals surface area (Å²) in [5, 5.41) is 5.40. The van der Waals surface area contributed by atoms with Crippen molar-refractivity contribution in [3.8, 4) is 0 Å². The molecule has 0 unspecified atom stereocenters. The second-order valence-corrected chi connectivity index (χ2v) is 5.58. The fourth-order valence-corrected chi connectivity index (χ4v) is 2.83. The minimum Gasteiger partial charge on any atom is -0.334 e. The van der Waals surface area contributed by atoms with E-state index in [1.54, 1.807) is 0 Å². The van der Waals surface area contributed by atoms with Gasteiger partial charge in [-0.25, -0.2) is 18.6 Å². The number of carbonyl (C=O) groups is 1. The molecule has 4 nitrogen and oxygen atoms in total. The summed E-state index contributed by atoms with van der Waals surface area (Å²) >= 11 is 1.01. The highest BCUT2D eigenvalue weighted by Gasteiger charge is 2.12. The Morgan fingerprint density at radius 2 is 1.95 bits per heavy atom. The van der Waals surface area contributed by atoms with Crippen molar-refractivity contribution < 1.29 is 13.6 Å². The van der Waals surface area contributed by atoms with Crippen LogP contribution in [0.4, 0.5) is 18.7 Å². The van der Waals surface area contributed by atoms with Crippen LogP contribution in [0, 0.1) is 11.6 Å². The van der Waals surface area contributed by atoms with Gasteiger partial charge < -0.3 is 5.32 Å². The molecular weight excluding hydrogens is 308 g/mol. The predicted octanol–water partition coefficient (Wildman–Crippen LogP) is 3.90. The average Bonchev–Trinajstić information content (AvgIpc) is 2.89. The van der Waals surface area contributed by atoms with Gasteiger partial charge >= 0.3 is 6.03 Å². The Bertz CT molecular complexity index is 820. The van der Waals surface area contributed by atoms with E-state index in [-0.39, 0.29) is 10.6 Å². The zero-order chi connectivity index (χ0) is 15.5. The van der Waals surface area contributed by atoms with Gasteiger partial charge in [-0.2, -0.15) is 0 Å². The number of amides is 2. The second kappa shape index (κ2) is 6.07. The van der Waals surface area contributed by atoms with Crippen LogP contribution >= 0.6 is 11.3 Å². The highest BCUT2D eigenvalue weighted by atomic mass is 32.1. The number of urea groups is 1. The van der Waals surface area contributed by atoms with Gasteiger partial charge in [-0.15, -0.1) is 0 Å². The number of hydrogen-bond donors (Lipinski definition) is 2. The number of rotatable bonds is 3. The van der Waals surface area contributed by atoms with E-state index in [0.29, 0.717) is 11.2 Å². The quantitative estimate of drug-likeness (QED) is 0.769. The molecule has 112 valence electrons. The summed E-state index contributed by atoms with van der Waals surface area (Å²) in [4.78, 5) is 15.7. The molecule has 22 heavy (non-hydrogen) atoms. The molecule has 2 amide bonds. The van der Waals surface area contributed by atoms with Crippen molar-refractivity contribution in [2.75, 3.05) is 5.32 Å². The first-order valence-corrected chi connectivity index (χ1v) is 7.28. The van der Waals surface area contributed by atoms with E-state index in [1.165, 1.54) is 6.07 Å². The highest BCUT2D eigenvalue weighted by molar-refractivity contribution is 7.22. The number of thiazole rings is 1. The molecule has 7 heteroatoms. The lowest BCUT2D eigenvalue weighted by Crippen LogP contribution is -2.28. The first kappa shape index (κ1) is 14.4. The van der Waals surface area contributed by atoms with Gasteiger partial charge in [-0.05, 0) is 11.6 Å². The fourth-order valence-electron chi connectivity index (χ4n) is 1.93. The van der Waals surface area contributed by atoms with Crippen LogP contribution in [-0.4, -0.2) is 11.0 Å². The molecule has 2 N–H and O–H groups in total. The molecule has 0 bridgehead atoms. The van der Waals surface area contributed by atoms with Crippen molar-refractivity contribution in [2.45, 2.75) is 6.54 Å². The molecule has 0 saturated heterocycles. The first-order valence-electron chi connectivity index (χ1n) is 6.46. The van der Waals surface area contributed by atoms with E-state index in [2.05, 4.69) is 15.6 Å². The Labute approximate surface area is 128 Å². The Morgan fingerprint density at radius 3 is 2.73 bits per heavy atom. The van der Waals surface area contributed by atoms with Crippen LogP contribution < -0.4 is 10.6 Å². The lowest BCUT2D eigenvalue weighted by atomic mass is 10.2. The van der Waals surface area contributed by atoms with Crippen LogP contribution in [0.2, 0.25) is 0 Å². The van der Waals surface area contributed by atoms with Crippen molar-refractivity contribution in [2.24, 2.45) is 0 Å². The topological polar surface area (TPSA) is 54.0 Å². The molecular formula is C15H11F2N3OS. The van der Waals surface area contributed by atoms with Crippen molar-refractivity contribution in [3.05, 3.63) is 59.7 Å². The predicted molar refractivity (Wildman–Crippen MR) is 81.8 cm³/mol. The minimum absolute atomic E-state index is 0.0461. The number of aromatic nitrogens is 1. The standard InChI is InChI=1S/C15H11F2N3OS/c16-10-6-11(17)13-12(7-10)22-15(19-13)20-14(21)18-8-9-4-2-1-3-5-9/h1-7H,8H2,(H2,18,19,20,21). The summed E-state index contributed by atoms with van der Waals surface area (Å²) in [6, 6.07) is 10.9. The van der Waals surface area contributed by atoms with E-state index >= 15 is 0 Å². The molecule has 3 rings (SSSR count). The number of hydrogen-bond acceptors (Lipinski definition) is 3. The largest absolute Gasteiger partial charge is 0.334 e. The number of nitrogens with zero attached hydrogens (tertiary/aromatic N) is 1. The van der Waals surface area contributed by atoms with E-state index in [9.17, 15) is 13.6 Å². The van der Waals surface area contributed by atoms with Crippen molar-refractivity contribution >= 4 is 32.7 Å². The van der Waals surface area contributed by atoms with Crippen molar-refractivity contribution in [1.82, 2.24) is 10.3 Å². The molecule has 0 atom stereocenters. The zero-order valence-corrected chi connectivity index (χ0v) is 12.1.